The first-order valence-electron chi connectivity index (χ1n) is 30.8. The Morgan fingerprint density at radius 2 is 1.03 bits per heavy atom. The lowest BCUT2D eigenvalue weighted by Crippen LogP contribution is -2.60. The SMILES string of the molecule is COc1ccc(C(N[C@H]2[C@@H](O[Si](C)(C)C(C)(C)C)[C@H](n3cnc4c(NC(=O)c5ccccc5)ncnc43)O[C@@H]2CNC(=S)N[C@H]2[C@@H](O[Si](C)(C)C(C)(C)C)[C@H](n3cnc4c(NC(=O)c5ccccc5)ncnc43)O[C@@H]2CN=[N+]=[N-])(c2ccccc2)c2ccccc2)cc1. The van der Waals surface area contributed by atoms with Crippen molar-refractivity contribution >= 4 is 79.7 Å². The molecule has 0 aliphatic carbocycles. The van der Waals surface area contributed by atoms with Crippen molar-refractivity contribution in [3.8, 4) is 5.75 Å². The van der Waals surface area contributed by atoms with Gasteiger partial charge < -0.3 is 44.3 Å². The van der Waals surface area contributed by atoms with Crippen molar-refractivity contribution in [1.82, 2.24) is 55.0 Å². The van der Waals surface area contributed by atoms with Gasteiger partial charge in [0, 0.05) is 22.6 Å². The molecule has 0 unspecified atom stereocenters. The molecule has 6 heterocycles. The van der Waals surface area contributed by atoms with Gasteiger partial charge in [-0.15, -0.1) is 0 Å². The molecule has 2 fully saturated rings. The summed E-state index contributed by atoms with van der Waals surface area (Å²) < 4.78 is 39.1. The summed E-state index contributed by atoms with van der Waals surface area (Å²) >= 11 is 6.41. The highest BCUT2D eigenvalue weighted by molar-refractivity contribution is 7.80. The molecular formula is C67H78N16O7SSi2. The van der Waals surface area contributed by atoms with Gasteiger partial charge in [0.1, 0.15) is 30.6 Å². The lowest BCUT2D eigenvalue weighted by molar-refractivity contribution is -0.0296. The predicted octanol–water partition coefficient (Wildman–Crippen LogP) is 11.8. The van der Waals surface area contributed by atoms with Crippen LogP contribution in [0.15, 0.2) is 176 Å². The van der Waals surface area contributed by atoms with E-state index in [9.17, 15) is 15.1 Å². The highest BCUT2D eigenvalue weighted by Crippen LogP contribution is 2.47. The van der Waals surface area contributed by atoms with E-state index in [0.717, 1.165) is 16.7 Å². The standard InChI is InChI=1S/C67H78N16O7SSi2/c1-65(2,3)92(8,9)89-54-50(49(37-76-81-68)88-62(54)82-40-74-52-56(70-38-72-58(52)82)78-60(84)42-24-16-12-17-25-42)77-64(91)69-36-48-51(80-67(44-28-20-14-21-29-44,45-30-22-15-23-31-45)46-32-34-47(86-7)35-33-46)55(90-93(10,11)66(4,5)6)63(87-48)83-41-75-53-57(71-39-73-59(53)83)79-61(85)43-26-18-13-19-27-43/h12-35,38-41,48-51,54-55,62-63,80H,36-37H2,1-11H3,(H2,69,77,91)(H,70,72,78,84)(H,71,73,79,85)/t48-,49-,50-,51-,54-,55-,62-,63-/m1/s1. The van der Waals surface area contributed by atoms with Gasteiger partial charge in [-0.05, 0) is 107 Å². The number of anilines is 2. The van der Waals surface area contributed by atoms with Gasteiger partial charge >= 0.3 is 0 Å². The molecule has 0 radical (unpaired) electrons. The molecule has 0 saturated carbocycles. The zero-order chi connectivity index (χ0) is 65.9. The number of benzene rings is 5. The Hall–Kier alpha value is -8.83. The molecule has 11 rings (SSSR count). The summed E-state index contributed by atoms with van der Waals surface area (Å²) in [6, 6.07) is 45.0. The average molecular weight is 1310 g/mol. The predicted molar refractivity (Wildman–Crippen MR) is 366 cm³/mol. The number of nitrogens with zero attached hydrogens (tertiary/aromatic N) is 11. The van der Waals surface area contributed by atoms with Crippen molar-refractivity contribution in [1.29, 1.82) is 0 Å². The third kappa shape index (κ3) is 13.5. The number of methoxy groups -OCH3 is 1. The minimum absolute atomic E-state index is 0.0942. The quantitative estimate of drug-likeness (QED) is 0.0112. The molecule has 2 saturated heterocycles. The molecule has 2 aliphatic heterocycles. The van der Waals surface area contributed by atoms with Gasteiger partial charge in [0.15, 0.2) is 68.2 Å². The second kappa shape index (κ2) is 27.0. The first kappa shape index (κ1) is 65.7. The molecule has 8 atom stereocenters. The van der Waals surface area contributed by atoms with Gasteiger partial charge in [-0.2, -0.15) is 0 Å². The van der Waals surface area contributed by atoms with E-state index in [4.69, 9.17) is 50.2 Å². The Balaban J connectivity index is 1.00. The van der Waals surface area contributed by atoms with E-state index in [-0.39, 0.29) is 51.7 Å². The summed E-state index contributed by atoms with van der Waals surface area (Å²) in [6.45, 7) is 21.8. The average Bonchev–Trinajstić information content (AvgIpc) is 1.72. The maximum Gasteiger partial charge on any atom is 0.256 e. The van der Waals surface area contributed by atoms with Gasteiger partial charge in [0.2, 0.25) is 0 Å². The smallest absolute Gasteiger partial charge is 0.256 e. The number of aromatic nitrogens is 8. The number of hydrogen-bond donors (Lipinski definition) is 5. The molecular weight excluding hydrogens is 1230 g/mol. The summed E-state index contributed by atoms with van der Waals surface area (Å²) in [5, 5.41) is 21.1. The summed E-state index contributed by atoms with van der Waals surface area (Å²) in [5.41, 5.74) is 13.9. The molecule has 0 bridgehead atoms. The number of carbonyl (C=O) groups is 2. The maximum absolute atomic E-state index is 13.7. The van der Waals surface area contributed by atoms with E-state index in [1.54, 1.807) is 72.9 Å². The highest BCUT2D eigenvalue weighted by atomic mass is 32.1. The number of azide groups is 1. The van der Waals surface area contributed by atoms with Crippen LogP contribution in [0.3, 0.4) is 0 Å². The van der Waals surface area contributed by atoms with Gasteiger partial charge in [0.05, 0.1) is 56.1 Å². The number of nitrogens with one attached hydrogen (secondary N) is 5. The van der Waals surface area contributed by atoms with Crippen LogP contribution in [-0.4, -0.2) is 129 Å². The molecule has 26 heteroatoms. The summed E-state index contributed by atoms with van der Waals surface area (Å²) in [5.74, 6) is 0.401. The number of ether oxygens (including phenoxy) is 3. The fraction of sp³-hybridized carbons (Fsp3) is 0.358. The Bertz CT molecular complexity index is 4110. The molecule has 2 aliphatic rings. The fourth-order valence-electron chi connectivity index (χ4n) is 11.4. The Labute approximate surface area is 547 Å². The molecule has 482 valence electrons. The lowest BCUT2D eigenvalue weighted by Gasteiger charge is -2.44. The van der Waals surface area contributed by atoms with Crippen LogP contribution >= 0.6 is 12.2 Å². The van der Waals surface area contributed by atoms with E-state index >= 15 is 0 Å². The van der Waals surface area contributed by atoms with Gasteiger partial charge in [-0.25, -0.2) is 29.9 Å². The summed E-state index contributed by atoms with van der Waals surface area (Å²) in [4.78, 5) is 58.4. The number of carbonyl (C=O) groups excluding carboxylic acids is 2. The zero-order valence-corrected chi connectivity index (χ0v) is 56.7. The summed E-state index contributed by atoms with van der Waals surface area (Å²) in [6.07, 6.45) is 1.09. The lowest BCUT2D eigenvalue weighted by atomic mass is 9.76. The maximum atomic E-state index is 13.7. The molecule has 0 spiro atoms. The minimum Gasteiger partial charge on any atom is -0.497 e. The van der Waals surface area contributed by atoms with Crippen LogP contribution in [0.4, 0.5) is 11.6 Å². The monoisotopic (exact) mass is 1310 g/mol. The zero-order valence-electron chi connectivity index (χ0n) is 53.9. The van der Waals surface area contributed by atoms with Crippen LogP contribution in [0, 0.1) is 0 Å². The van der Waals surface area contributed by atoms with E-state index < -0.39 is 71.1 Å². The van der Waals surface area contributed by atoms with Crippen molar-refractivity contribution in [2.45, 2.75) is 132 Å². The second-order valence-corrected chi connectivity index (χ2v) is 36.1. The first-order valence-corrected chi connectivity index (χ1v) is 37.1. The topological polar surface area (TPSA) is 276 Å². The number of hydrogen-bond acceptors (Lipinski definition) is 16. The van der Waals surface area contributed by atoms with Crippen LogP contribution in [0.25, 0.3) is 32.8 Å². The third-order valence-electron chi connectivity index (χ3n) is 18.4. The Kier molecular flexibility index (Phi) is 19.1. The van der Waals surface area contributed by atoms with E-state index in [1.165, 1.54) is 12.7 Å². The molecule has 5 N–H and O–H groups in total. The van der Waals surface area contributed by atoms with Gasteiger partial charge in [0.25, 0.3) is 11.8 Å². The second-order valence-electron chi connectivity index (χ2n) is 26.2. The molecule has 9 aromatic rings. The van der Waals surface area contributed by atoms with Crippen molar-refractivity contribution in [2.75, 3.05) is 30.8 Å². The Morgan fingerprint density at radius 3 is 1.47 bits per heavy atom. The molecule has 93 heavy (non-hydrogen) atoms. The van der Waals surface area contributed by atoms with Gasteiger partial charge in [-0.3, -0.25) is 24.0 Å². The van der Waals surface area contributed by atoms with E-state index in [2.05, 4.69) is 156 Å². The van der Waals surface area contributed by atoms with Crippen molar-refractivity contribution in [2.24, 2.45) is 5.11 Å². The first-order chi connectivity index (χ1) is 44.5. The number of fused-ring (bicyclic) bond motifs is 2. The van der Waals surface area contributed by atoms with Crippen LogP contribution in [-0.2, 0) is 23.9 Å². The van der Waals surface area contributed by atoms with E-state index in [0.29, 0.717) is 39.2 Å². The van der Waals surface area contributed by atoms with E-state index in [1.807, 2.05) is 65.2 Å². The van der Waals surface area contributed by atoms with Crippen molar-refractivity contribution in [3.05, 3.63) is 209 Å². The Morgan fingerprint density at radius 1 is 0.602 bits per heavy atom. The van der Waals surface area contributed by atoms with Crippen LogP contribution in [0.1, 0.15) is 91.4 Å². The van der Waals surface area contributed by atoms with Crippen LogP contribution < -0.4 is 31.3 Å². The van der Waals surface area contributed by atoms with Crippen LogP contribution in [0.5, 0.6) is 5.75 Å². The molecule has 4 aromatic heterocycles. The largest absolute Gasteiger partial charge is 0.497 e. The van der Waals surface area contributed by atoms with Gasteiger partial charge in [-0.1, -0.05) is 156 Å². The van der Waals surface area contributed by atoms with Crippen molar-refractivity contribution < 1.29 is 32.7 Å². The molecule has 23 nitrogen and oxygen atoms in total. The number of imidazole rings is 2. The highest BCUT2D eigenvalue weighted by Gasteiger charge is 2.55. The number of rotatable bonds is 21. The minimum atomic E-state index is -2.77. The number of amides is 2. The molecule has 2 amide bonds. The summed E-state index contributed by atoms with van der Waals surface area (Å²) in [7, 11) is -3.81. The third-order valence-corrected chi connectivity index (χ3v) is 27.6. The normalized spacial score (nSPS) is 20.2. The molecule has 5 aromatic carbocycles. The fourth-order valence-corrected chi connectivity index (χ4v) is 14.2. The van der Waals surface area contributed by atoms with Crippen LogP contribution in [0.2, 0.25) is 36.3 Å². The number of thiocarbonyl (C=S) groups is 1. The van der Waals surface area contributed by atoms with Crippen molar-refractivity contribution in [3.63, 3.8) is 0 Å².